The number of carboxylic acids is 1. The van der Waals surface area contributed by atoms with Crippen molar-refractivity contribution in [1.29, 1.82) is 0 Å². The minimum absolute atomic E-state index is 0.137. The number of aliphatic carboxylic acids is 1. The quantitative estimate of drug-likeness (QED) is 0.861. The van der Waals surface area contributed by atoms with Crippen LogP contribution in [-0.2, 0) is 4.79 Å². The molecule has 0 bridgehead atoms. The van der Waals surface area contributed by atoms with E-state index in [0.29, 0.717) is 0 Å². The zero-order chi connectivity index (χ0) is 14.6. The minimum atomic E-state index is -1.05. The molecule has 0 heterocycles. The van der Waals surface area contributed by atoms with Gasteiger partial charge in [-0.05, 0) is 24.1 Å². The van der Waals surface area contributed by atoms with Crippen molar-refractivity contribution in [2.24, 2.45) is 11.8 Å². The first-order valence-corrected chi connectivity index (χ1v) is 5.79. The molecule has 1 aromatic carbocycles. The van der Waals surface area contributed by atoms with Crippen LogP contribution in [0.1, 0.15) is 24.2 Å². The van der Waals surface area contributed by atoms with Gasteiger partial charge in [-0.2, -0.15) is 0 Å². The highest BCUT2D eigenvalue weighted by atomic mass is 19.1. The maximum Gasteiger partial charge on any atom is 0.308 e. The molecule has 0 aliphatic heterocycles. The number of benzene rings is 1. The summed E-state index contributed by atoms with van der Waals surface area (Å²) >= 11 is 0. The first kappa shape index (κ1) is 15.1. The Labute approximate surface area is 109 Å². The van der Waals surface area contributed by atoms with Gasteiger partial charge in [-0.15, -0.1) is 0 Å². The fraction of sp³-hybridized carbons (Fsp3) is 0.385. The Morgan fingerprint density at radius 3 is 2.47 bits per heavy atom. The van der Waals surface area contributed by atoms with Gasteiger partial charge in [-0.25, -0.2) is 8.78 Å². The van der Waals surface area contributed by atoms with Gasteiger partial charge in [0.2, 0.25) is 0 Å². The molecule has 104 valence electrons. The second kappa shape index (κ2) is 6.26. The van der Waals surface area contributed by atoms with Crippen LogP contribution >= 0.6 is 0 Å². The summed E-state index contributed by atoms with van der Waals surface area (Å²) in [5.41, 5.74) is -0.437. The van der Waals surface area contributed by atoms with Crippen LogP contribution in [0.5, 0.6) is 0 Å². The van der Waals surface area contributed by atoms with Gasteiger partial charge in [0.1, 0.15) is 11.6 Å². The molecule has 1 unspecified atom stereocenters. The Hall–Kier alpha value is -1.98. The van der Waals surface area contributed by atoms with Gasteiger partial charge in [0.05, 0.1) is 11.5 Å². The van der Waals surface area contributed by atoms with Crippen molar-refractivity contribution < 1.29 is 23.5 Å². The van der Waals surface area contributed by atoms with Crippen molar-refractivity contribution in [1.82, 2.24) is 5.32 Å². The summed E-state index contributed by atoms with van der Waals surface area (Å²) in [4.78, 5) is 22.6. The number of carboxylic acid groups (broad SMARTS) is 1. The summed E-state index contributed by atoms with van der Waals surface area (Å²) < 4.78 is 26.2. The average Bonchev–Trinajstić information content (AvgIpc) is 2.31. The molecular weight excluding hydrogens is 256 g/mol. The number of hydrogen-bond acceptors (Lipinski definition) is 2. The normalized spacial score (nSPS) is 12.3. The van der Waals surface area contributed by atoms with Crippen LogP contribution in [0.15, 0.2) is 18.2 Å². The lowest BCUT2D eigenvalue weighted by Gasteiger charge is -2.16. The summed E-state index contributed by atoms with van der Waals surface area (Å²) in [5.74, 6) is -4.42. The lowest BCUT2D eigenvalue weighted by atomic mass is 9.96. The maximum atomic E-state index is 13.3. The third-order valence-corrected chi connectivity index (χ3v) is 2.78. The smallest absolute Gasteiger partial charge is 0.308 e. The van der Waals surface area contributed by atoms with Crippen LogP contribution in [0, 0.1) is 23.5 Å². The average molecular weight is 271 g/mol. The van der Waals surface area contributed by atoms with Gasteiger partial charge in [0.25, 0.3) is 5.91 Å². The highest BCUT2D eigenvalue weighted by Gasteiger charge is 2.23. The van der Waals surface area contributed by atoms with E-state index >= 15 is 0 Å². The van der Waals surface area contributed by atoms with Gasteiger partial charge in [0.15, 0.2) is 0 Å². The van der Waals surface area contributed by atoms with E-state index in [1.54, 1.807) is 13.8 Å². The Morgan fingerprint density at radius 1 is 1.32 bits per heavy atom. The monoisotopic (exact) mass is 271 g/mol. The zero-order valence-corrected chi connectivity index (χ0v) is 10.6. The van der Waals surface area contributed by atoms with E-state index in [9.17, 15) is 18.4 Å². The third kappa shape index (κ3) is 4.01. The van der Waals surface area contributed by atoms with Gasteiger partial charge < -0.3 is 10.4 Å². The fourth-order valence-electron chi connectivity index (χ4n) is 1.58. The number of amides is 1. The van der Waals surface area contributed by atoms with Gasteiger partial charge in [-0.3, -0.25) is 9.59 Å². The molecule has 0 aliphatic carbocycles. The van der Waals surface area contributed by atoms with Crippen LogP contribution in [0.3, 0.4) is 0 Å². The second-order valence-electron chi connectivity index (χ2n) is 4.52. The molecule has 0 saturated carbocycles. The predicted molar refractivity (Wildman–Crippen MR) is 64.7 cm³/mol. The number of carbonyl (C=O) groups excluding carboxylic acids is 1. The highest BCUT2D eigenvalue weighted by Crippen LogP contribution is 2.12. The number of nitrogens with one attached hydrogen (secondary N) is 1. The highest BCUT2D eigenvalue weighted by molar-refractivity contribution is 5.94. The number of hydrogen-bond donors (Lipinski definition) is 2. The van der Waals surface area contributed by atoms with E-state index < -0.39 is 35.0 Å². The Bertz CT molecular complexity index is 489. The van der Waals surface area contributed by atoms with E-state index in [4.69, 9.17) is 5.11 Å². The van der Waals surface area contributed by atoms with Crippen molar-refractivity contribution in [2.45, 2.75) is 13.8 Å². The maximum absolute atomic E-state index is 13.3. The molecule has 19 heavy (non-hydrogen) atoms. The van der Waals surface area contributed by atoms with Gasteiger partial charge >= 0.3 is 5.97 Å². The molecule has 4 nitrogen and oxygen atoms in total. The summed E-state index contributed by atoms with van der Waals surface area (Å²) in [6, 6.07) is 2.53. The van der Waals surface area contributed by atoms with Crippen LogP contribution < -0.4 is 5.32 Å². The molecule has 2 N–H and O–H groups in total. The number of carbonyl (C=O) groups is 2. The molecule has 0 aliphatic rings. The zero-order valence-electron chi connectivity index (χ0n) is 10.6. The molecule has 0 aromatic heterocycles. The molecule has 1 amide bonds. The summed E-state index contributed by atoms with van der Waals surface area (Å²) in [7, 11) is 0. The largest absolute Gasteiger partial charge is 0.481 e. The third-order valence-electron chi connectivity index (χ3n) is 2.78. The molecule has 6 heteroatoms. The van der Waals surface area contributed by atoms with Gasteiger partial charge in [-0.1, -0.05) is 13.8 Å². The van der Waals surface area contributed by atoms with Crippen LogP contribution in [0.2, 0.25) is 0 Å². The first-order valence-electron chi connectivity index (χ1n) is 5.79. The van der Waals surface area contributed by atoms with E-state index in [2.05, 4.69) is 5.32 Å². The number of rotatable bonds is 5. The van der Waals surface area contributed by atoms with E-state index in [-0.39, 0.29) is 12.5 Å². The SMILES string of the molecule is CC(C)C(CNC(=O)c1cc(F)ccc1F)C(=O)O. The Balaban J connectivity index is 2.75. The molecule has 0 spiro atoms. The fourth-order valence-corrected chi connectivity index (χ4v) is 1.58. The first-order chi connectivity index (χ1) is 8.82. The molecule has 1 aromatic rings. The van der Waals surface area contributed by atoms with Crippen molar-refractivity contribution in [2.75, 3.05) is 6.54 Å². The molecular formula is C13H15F2NO3. The number of halogens is 2. The van der Waals surface area contributed by atoms with Crippen LogP contribution in [0.4, 0.5) is 8.78 Å². The standard InChI is InChI=1S/C13H15F2NO3/c1-7(2)10(13(18)19)6-16-12(17)9-5-8(14)3-4-11(9)15/h3-5,7,10H,6H2,1-2H3,(H,16,17)(H,18,19). The van der Waals surface area contributed by atoms with E-state index in [0.717, 1.165) is 18.2 Å². The molecule has 0 radical (unpaired) electrons. The van der Waals surface area contributed by atoms with Crippen LogP contribution in [-0.4, -0.2) is 23.5 Å². The van der Waals surface area contributed by atoms with Gasteiger partial charge in [0, 0.05) is 6.54 Å². The Morgan fingerprint density at radius 2 is 1.95 bits per heavy atom. The second-order valence-corrected chi connectivity index (χ2v) is 4.52. The summed E-state index contributed by atoms with van der Waals surface area (Å²) in [5, 5.41) is 11.2. The van der Waals surface area contributed by atoms with Crippen molar-refractivity contribution in [3.63, 3.8) is 0 Å². The topological polar surface area (TPSA) is 66.4 Å². The van der Waals surface area contributed by atoms with Crippen LogP contribution in [0.25, 0.3) is 0 Å². The molecule has 0 fully saturated rings. The molecule has 1 atom stereocenters. The lowest BCUT2D eigenvalue weighted by molar-refractivity contribution is -0.142. The summed E-state index contributed by atoms with van der Waals surface area (Å²) in [6.45, 7) is 3.27. The minimum Gasteiger partial charge on any atom is -0.481 e. The predicted octanol–water partition coefficient (Wildman–Crippen LogP) is 2.05. The summed E-state index contributed by atoms with van der Waals surface area (Å²) in [6.07, 6.45) is 0. The van der Waals surface area contributed by atoms with Crippen molar-refractivity contribution in [3.05, 3.63) is 35.4 Å². The molecule has 1 rings (SSSR count). The lowest BCUT2D eigenvalue weighted by Crippen LogP contribution is -2.35. The van der Waals surface area contributed by atoms with E-state index in [1.165, 1.54) is 0 Å². The Kier molecular flexibility index (Phi) is 4.97. The van der Waals surface area contributed by atoms with E-state index in [1.807, 2.05) is 0 Å². The molecule has 0 saturated heterocycles. The van der Waals surface area contributed by atoms with Crippen molar-refractivity contribution in [3.8, 4) is 0 Å². The van der Waals surface area contributed by atoms with Crippen molar-refractivity contribution >= 4 is 11.9 Å².